The normalized spacial score (nSPS) is 9.20. The molecule has 1 radical (unpaired) electrons. The molecule has 0 aromatic heterocycles. The fraction of sp³-hybridized carbons (Fsp3) is 0.111. The van der Waals surface area contributed by atoms with Crippen molar-refractivity contribution in [3.63, 3.8) is 0 Å². The summed E-state index contributed by atoms with van der Waals surface area (Å²) in [4.78, 5) is 0. The van der Waals surface area contributed by atoms with Crippen LogP contribution in [0.25, 0.3) is 0 Å². The highest BCUT2D eigenvalue weighted by Crippen LogP contribution is 2.09. The molecule has 1 heteroatoms. The molecule has 1 nitrogen and oxygen atoms in total. The van der Waals surface area contributed by atoms with E-state index in [4.69, 9.17) is 5.11 Å². The molecule has 0 aliphatic carbocycles. The van der Waals surface area contributed by atoms with E-state index in [9.17, 15) is 0 Å². The first-order valence-electron chi connectivity index (χ1n) is 3.14. The number of phenolic OH excluding ortho intramolecular Hbond substituents is 1. The fourth-order valence-electron chi connectivity index (χ4n) is 0.778. The van der Waals surface area contributed by atoms with Gasteiger partial charge in [0.15, 0.2) is 0 Å². The van der Waals surface area contributed by atoms with Crippen LogP contribution in [0.15, 0.2) is 30.9 Å². The van der Waals surface area contributed by atoms with Crippen molar-refractivity contribution in [2.24, 2.45) is 0 Å². The average Bonchev–Trinajstić information content (AvgIpc) is 1.88. The Balaban J connectivity index is 2.84. The minimum atomic E-state index is 0.194. The summed E-state index contributed by atoms with van der Waals surface area (Å²) in [6.07, 6.45) is 2.54. The van der Waals surface area contributed by atoms with Crippen LogP contribution >= 0.6 is 0 Å². The largest absolute Gasteiger partial charge is 0.507 e. The van der Waals surface area contributed by atoms with Crippen molar-refractivity contribution in [2.75, 3.05) is 0 Å². The lowest BCUT2D eigenvalue weighted by Crippen LogP contribution is -1.78. The average molecular weight is 133 g/mol. The van der Waals surface area contributed by atoms with Crippen molar-refractivity contribution in [1.82, 2.24) is 0 Å². The van der Waals surface area contributed by atoms with Gasteiger partial charge in [0.2, 0.25) is 0 Å². The first-order valence-corrected chi connectivity index (χ1v) is 3.14. The zero-order valence-electron chi connectivity index (χ0n) is 5.67. The van der Waals surface area contributed by atoms with E-state index in [1.807, 2.05) is 6.07 Å². The van der Waals surface area contributed by atoms with E-state index in [1.165, 1.54) is 0 Å². The van der Waals surface area contributed by atoms with Crippen LogP contribution in [0.5, 0.6) is 5.75 Å². The molecule has 0 aliphatic rings. The fourth-order valence-corrected chi connectivity index (χ4v) is 0.778. The number of rotatable bonds is 2. The molecule has 1 aromatic rings. The number of benzene rings is 1. The van der Waals surface area contributed by atoms with Gasteiger partial charge < -0.3 is 5.11 Å². The molecule has 1 N–H and O–H groups in total. The Hall–Kier alpha value is -1.24. The lowest BCUT2D eigenvalue weighted by Gasteiger charge is -1.94. The molecule has 0 spiro atoms. The summed E-state index contributed by atoms with van der Waals surface area (Å²) in [5.74, 6) is 0.194. The molecule has 51 valence electrons. The van der Waals surface area contributed by atoms with Crippen LogP contribution in [0.2, 0.25) is 0 Å². The second-order valence-corrected chi connectivity index (χ2v) is 2.05. The summed E-state index contributed by atoms with van der Waals surface area (Å²) in [6, 6.07) is 8.10. The first-order chi connectivity index (χ1) is 4.83. The molecule has 1 aromatic carbocycles. The molecule has 0 amide bonds. The maximum atomic E-state index is 8.95. The van der Waals surface area contributed by atoms with Gasteiger partial charge in [0.05, 0.1) is 0 Å². The topological polar surface area (TPSA) is 20.2 Å². The summed E-state index contributed by atoms with van der Waals surface area (Å²) in [5.41, 5.74) is 0.968. The van der Waals surface area contributed by atoms with Crippen LogP contribution < -0.4 is 0 Å². The van der Waals surface area contributed by atoms with Gasteiger partial charge in [0.1, 0.15) is 5.75 Å². The Morgan fingerprint density at radius 2 is 2.40 bits per heavy atom. The second-order valence-electron chi connectivity index (χ2n) is 2.05. The third kappa shape index (κ3) is 1.62. The van der Waals surface area contributed by atoms with Gasteiger partial charge in [0, 0.05) is 6.07 Å². The van der Waals surface area contributed by atoms with Crippen LogP contribution in [0.3, 0.4) is 0 Å². The zero-order valence-corrected chi connectivity index (χ0v) is 5.67. The molecule has 1 rings (SSSR count). The number of allylic oxidation sites excluding steroid dienone is 1. The van der Waals surface area contributed by atoms with Gasteiger partial charge in [-0.1, -0.05) is 18.2 Å². The SMILES string of the molecule is C=CCc1[c]c(O)ccc1. The number of hydrogen-bond acceptors (Lipinski definition) is 1. The molecule has 0 saturated carbocycles. The molecule has 0 unspecified atom stereocenters. The third-order valence-electron chi connectivity index (χ3n) is 1.20. The highest BCUT2D eigenvalue weighted by molar-refractivity contribution is 5.26. The Morgan fingerprint density at radius 3 is 3.00 bits per heavy atom. The van der Waals surface area contributed by atoms with Gasteiger partial charge in [-0.05, 0) is 18.1 Å². The summed E-state index contributed by atoms with van der Waals surface area (Å²) in [5, 5.41) is 8.95. The van der Waals surface area contributed by atoms with Gasteiger partial charge in [-0.25, -0.2) is 0 Å². The summed E-state index contributed by atoms with van der Waals surface area (Å²) in [7, 11) is 0. The summed E-state index contributed by atoms with van der Waals surface area (Å²) < 4.78 is 0. The van der Waals surface area contributed by atoms with Crippen LogP contribution in [0.1, 0.15) is 5.56 Å². The van der Waals surface area contributed by atoms with E-state index in [2.05, 4.69) is 12.6 Å². The molecule has 0 saturated heterocycles. The lowest BCUT2D eigenvalue weighted by atomic mass is 10.1. The van der Waals surface area contributed by atoms with E-state index < -0.39 is 0 Å². The zero-order chi connectivity index (χ0) is 7.40. The molecule has 0 fully saturated rings. The van der Waals surface area contributed by atoms with Crippen molar-refractivity contribution in [3.05, 3.63) is 42.5 Å². The van der Waals surface area contributed by atoms with Crippen molar-refractivity contribution in [1.29, 1.82) is 0 Å². The third-order valence-corrected chi connectivity index (χ3v) is 1.20. The van der Waals surface area contributed by atoms with Gasteiger partial charge in [-0.15, -0.1) is 6.58 Å². The number of phenols is 1. The maximum Gasteiger partial charge on any atom is 0.123 e. The minimum absolute atomic E-state index is 0.194. The first kappa shape index (κ1) is 6.87. The Labute approximate surface area is 60.6 Å². The molecule has 0 atom stereocenters. The molecule has 0 aliphatic heterocycles. The van der Waals surface area contributed by atoms with Gasteiger partial charge in [0.25, 0.3) is 0 Å². The number of hydrogen-bond donors (Lipinski definition) is 1. The van der Waals surface area contributed by atoms with Crippen molar-refractivity contribution in [2.45, 2.75) is 6.42 Å². The van der Waals surface area contributed by atoms with E-state index in [0.717, 1.165) is 12.0 Å². The van der Waals surface area contributed by atoms with Crippen LogP contribution in [-0.2, 0) is 6.42 Å². The Kier molecular flexibility index (Phi) is 2.11. The van der Waals surface area contributed by atoms with Crippen LogP contribution in [0.4, 0.5) is 0 Å². The Morgan fingerprint density at radius 1 is 1.60 bits per heavy atom. The van der Waals surface area contributed by atoms with E-state index in [-0.39, 0.29) is 5.75 Å². The van der Waals surface area contributed by atoms with Gasteiger partial charge >= 0.3 is 0 Å². The molecule has 0 bridgehead atoms. The van der Waals surface area contributed by atoms with Gasteiger partial charge in [-0.2, -0.15) is 0 Å². The molecular weight excluding hydrogens is 124 g/mol. The van der Waals surface area contributed by atoms with Gasteiger partial charge in [-0.3, -0.25) is 0 Å². The number of aromatic hydroxyl groups is 1. The van der Waals surface area contributed by atoms with E-state index >= 15 is 0 Å². The van der Waals surface area contributed by atoms with Crippen molar-refractivity contribution < 1.29 is 5.11 Å². The van der Waals surface area contributed by atoms with Crippen LogP contribution in [0, 0.1) is 6.07 Å². The second kappa shape index (κ2) is 3.06. The van der Waals surface area contributed by atoms with E-state index in [1.54, 1.807) is 18.2 Å². The lowest BCUT2D eigenvalue weighted by molar-refractivity contribution is 0.473. The van der Waals surface area contributed by atoms with Crippen molar-refractivity contribution in [3.8, 4) is 5.75 Å². The molecule has 10 heavy (non-hydrogen) atoms. The highest BCUT2D eigenvalue weighted by Gasteiger charge is 1.90. The standard InChI is InChI=1S/C9H9O/c1-2-4-8-5-3-6-9(10)7-8/h2-3,5-6,10H,1,4H2. The van der Waals surface area contributed by atoms with Crippen LogP contribution in [-0.4, -0.2) is 5.11 Å². The molecular formula is C9H9O. The smallest absolute Gasteiger partial charge is 0.123 e. The summed E-state index contributed by atoms with van der Waals surface area (Å²) >= 11 is 0. The quantitative estimate of drug-likeness (QED) is 0.611. The molecule has 0 heterocycles. The Bertz CT molecular complexity index is 228. The predicted octanol–water partition coefficient (Wildman–Crippen LogP) is 1.92. The predicted molar refractivity (Wildman–Crippen MR) is 40.8 cm³/mol. The van der Waals surface area contributed by atoms with E-state index in [0.29, 0.717) is 0 Å². The maximum absolute atomic E-state index is 8.95. The minimum Gasteiger partial charge on any atom is -0.507 e. The highest BCUT2D eigenvalue weighted by atomic mass is 16.3. The van der Waals surface area contributed by atoms with Crippen molar-refractivity contribution >= 4 is 0 Å². The summed E-state index contributed by atoms with van der Waals surface area (Å²) in [6.45, 7) is 3.58. The monoisotopic (exact) mass is 133 g/mol.